The van der Waals surface area contributed by atoms with Crippen molar-refractivity contribution in [2.24, 2.45) is 0 Å². The predicted octanol–water partition coefficient (Wildman–Crippen LogP) is 3.04. The molecule has 2 aromatic heterocycles. The van der Waals surface area contributed by atoms with Crippen LogP contribution in [0.25, 0.3) is 17.1 Å². The molecule has 0 radical (unpaired) electrons. The molecule has 0 saturated heterocycles. The second-order valence-electron chi connectivity index (χ2n) is 3.37. The summed E-state index contributed by atoms with van der Waals surface area (Å²) in [7, 11) is 0. The van der Waals surface area contributed by atoms with E-state index < -0.39 is 0 Å². The summed E-state index contributed by atoms with van der Waals surface area (Å²) >= 11 is 7.08. The molecule has 0 aliphatic heterocycles. The van der Waals surface area contributed by atoms with Crippen LogP contribution in [-0.4, -0.2) is 18.5 Å². The van der Waals surface area contributed by atoms with Crippen LogP contribution >= 0.6 is 23.3 Å². The van der Waals surface area contributed by atoms with Gasteiger partial charge in [0.25, 0.3) is 0 Å². The number of para-hydroxylation sites is 1. The second kappa shape index (κ2) is 4.27. The molecule has 0 amide bonds. The van der Waals surface area contributed by atoms with Crippen LogP contribution in [0.4, 0.5) is 0 Å². The van der Waals surface area contributed by atoms with Crippen LogP contribution < -0.4 is 0 Å². The number of halogens is 1. The van der Waals surface area contributed by atoms with E-state index in [1.807, 2.05) is 36.4 Å². The molecule has 0 spiro atoms. The third kappa shape index (κ3) is 1.83. The molecule has 17 heavy (non-hydrogen) atoms. The van der Waals surface area contributed by atoms with Gasteiger partial charge in [0.05, 0.1) is 29.3 Å². The van der Waals surface area contributed by atoms with Crippen molar-refractivity contribution in [2.45, 2.75) is 0 Å². The first-order chi connectivity index (χ1) is 8.36. The maximum absolute atomic E-state index is 5.99. The van der Waals surface area contributed by atoms with Gasteiger partial charge in [0.2, 0.25) is 0 Å². The third-order valence-electron chi connectivity index (χ3n) is 2.33. The van der Waals surface area contributed by atoms with Crippen LogP contribution in [0.1, 0.15) is 0 Å². The van der Waals surface area contributed by atoms with E-state index in [1.165, 1.54) is 0 Å². The van der Waals surface area contributed by atoms with Gasteiger partial charge in [-0.25, -0.2) is 4.68 Å². The molecule has 0 N–H and O–H groups in total. The Morgan fingerprint density at radius 1 is 1.06 bits per heavy atom. The summed E-state index contributed by atoms with van der Waals surface area (Å²) in [6.45, 7) is 0. The number of rotatable bonds is 2. The molecule has 1 aromatic carbocycles. The molecule has 6 heteroatoms. The van der Waals surface area contributed by atoms with Crippen LogP contribution in [0, 0.1) is 0 Å². The molecule has 84 valence electrons. The molecular formula is C11H7ClN4S. The Kier molecular flexibility index (Phi) is 2.62. The fourth-order valence-corrected chi connectivity index (χ4v) is 2.33. The lowest BCUT2D eigenvalue weighted by Crippen LogP contribution is -1.98. The SMILES string of the molecule is Clc1nsnc1-c1ccnn1-c1ccccc1. The summed E-state index contributed by atoms with van der Waals surface area (Å²) in [5.74, 6) is 0. The molecule has 0 bridgehead atoms. The fourth-order valence-electron chi connectivity index (χ4n) is 1.59. The standard InChI is InChI=1S/C11H7ClN4S/c12-11-10(14-17-15-11)9-6-7-13-16(9)8-4-2-1-3-5-8/h1-7H. The van der Waals surface area contributed by atoms with Gasteiger partial charge in [-0.15, -0.1) is 0 Å². The van der Waals surface area contributed by atoms with Crippen molar-refractivity contribution in [1.29, 1.82) is 0 Å². The minimum atomic E-state index is 0.410. The summed E-state index contributed by atoms with van der Waals surface area (Å²) in [5, 5.41) is 4.69. The first kappa shape index (κ1) is 10.4. The van der Waals surface area contributed by atoms with E-state index in [9.17, 15) is 0 Å². The summed E-state index contributed by atoms with van der Waals surface area (Å²) in [4.78, 5) is 0. The quantitative estimate of drug-likeness (QED) is 0.713. The van der Waals surface area contributed by atoms with E-state index in [1.54, 1.807) is 10.9 Å². The number of nitrogens with zero attached hydrogens (tertiary/aromatic N) is 4. The van der Waals surface area contributed by atoms with Crippen molar-refractivity contribution < 1.29 is 0 Å². The molecule has 0 fully saturated rings. The maximum atomic E-state index is 5.99. The van der Waals surface area contributed by atoms with Crippen LogP contribution in [-0.2, 0) is 0 Å². The molecule has 0 unspecified atom stereocenters. The highest BCUT2D eigenvalue weighted by Gasteiger charge is 2.14. The Hall–Kier alpha value is -1.72. The van der Waals surface area contributed by atoms with E-state index in [0.717, 1.165) is 23.1 Å². The Morgan fingerprint density at radius 2 is 1.88 bits per heavy atom. The van der Waals surface area contributed by atoms with E-state index in [2.05, 4.69) is 13.8 Å². The van der Waals surface area contributed by atoms with Crippen molar-refractivity contribution in [3.8, 4) is 17.1 Å². The number of benzene rings is 1. The summed E-state index contributed by atoms with van der Waals surface area (Å²) in [5.41, 5.74) is 2.48. The van der Waals surface area contributed by atoms with Crippen LogP contribution in [0.2, 0.25) is 5.15 Å². The Morgan fingerprint density at radius 3 is 2.59 bits per heavy atom. The van der Waals surface area contributed by atoms with Crippen LogP contribution in [0.15, 0.2) is 42.6 Å². The van der Waals surface area contributed by atoms with Gasteiger partial charge in [-0.3, -0.25) is 0 Å². The van der Waals surface area contributed by atoms with Gasteiger partial charge in [0, 0.05) is 0 Å². The Balaban J connectivity index is 2.16. The first-order valence-corrected chi connectivity index (χ1v) is 6.05. The molecular weight excluding hydrogens is 256 g/mol. The predicted molar refractivity (Wildman–Crippen MR) is 67.5 cm³/mol. The minimum Gasteiger partial charge on any atom is -0.231 e. The van der Waals surface area contributed by atoms with Crippen LogP contribution in [0.5, 0.6) is 0 Å². The van der Waals surface area contributed by atoms with Crippen molar-refractivity contribution in [3.05, 3.63) is 47.7 Å². The summed E-state index contributed by atoms with van der Waals surface area (Å²) in [6, 6.07) is 11.7. The Labute approximate surface area is 107 Å². The fraction of sp³-hybridized carbons (Fsp3) is 0. The average molecular weight is 263 g/mol. The molecule has 0 atom stereocenters. The largest absolute Gasteiger partial charge is 0.231 e. The number of hydrogen-bond acceptors (Lipinski definition) is 4. The molecule has 2 heterocycles. The molecule has 3 aromatic rings. The van der Waals surface area contributed by atoms with E-state index >= 15 is 0 Å². The zero-order valence-electron chi connectivity index (χ0n) is 8.62. The third-order valence-corrected chi connectivity index (χ3v) is 3.23. The summed E-state index contributed by atoms with van der Waals surface area (Å²) < 4.78 is 9.94. The average Bonchev–Trinajstić information content (AvgIpc) is 2.98. The zero-order chi connectivity index (χ0) is 11.7. The summed E-state index contributed by atoms with van der Waals surface area (Å²) in [6.07, 6.45) is 1.72. The van der Waals surface area contributed by atoms with Crippen molar-refractivity contribution in [1.82, 2.24) is 18.5 Å². The van der Waals surface area contributed by atoms with E-state index in [4.69, 9.17) is 11.6 Å². The van der Waals surface area contributed by atoms with Crippen molar-refractivity contribution >= 4 is 23.3 Å². The minimum absolute atomic E-state index is 0.410. The topological polar surface area (TPSA) is 43.6 Å². The highest BCUT2D eigenvalue weighted by atomic mass is 35.5. The van der Waals surface area contributed by atoms with Crippen LogP contribution in [0.3, 0.4) is 0 Å². The molecule has 4 nitrogen and oxygen atoms in total. The Bertz CT molecular complexity index is 632. The highest BCUT2D eigenvalue weighted by Crippen LogP contribution is 2.26. The van der Waals surface area contributed by atoms with Gasteiger partial charge < -0.3 is 0 Å². The van der Waals surface area contributed by atoms with Gasteiger partial charge in [-0.1, -0.05) is 29.8 Å². The van der Waals surface area contributed by atoms with Gasteiger partial charge in [0.1, 0.15) is 5.69 Å². The van der Waals surface area contributed by atoms with Crippen molar-refractivity contribution in [3.63, 3.8) is 0 Å². The maximum Gasteiger partial charge on any atom is 0.172 e. The zero-order valence-corrected chi connectivity index (χ0v) is 10.2. The van der Waals surface area contributed by atoms with Gasteiger partial charge in [-0.05, 0) is 18.2 Å². The first-order valence-electron chi connectivity index (χ1n) is 4.94. The van der Waals surface area contributed by atoms with Gasteiger partial charge in [0.15, 0.2) is 5.15 Å². The molecule has 3 rings (SSSR count). The molecule has 0 aliphatic carbocycles. The van der Waals surface area contributed by atoms with Crippen molar-refractivity contribution in [2.75, 3.05) is 0 Å². The molecule has 0 aliphatic rings. The lowest BCUT2D eigenvalue weighted by molar-refractivity contribution is 0.886. The lowest BCUT2D eigenvalue weighted by atomic mass is 10.3. The molecule has 0 saturated carbocycles. The smallest absolute Gasteiger partial charge is 0.172 e. The monoisotopic (exact) mass is 262 g/mol. The number of hydrogen-bond donors (Lipinski definition) is 0. The number of aromatic nitrogens is 4. The van der Waals surface area contributed by atoms with Gasteiger partial charge >= 0.3 is 0 Å². The lowest BCUT2D eigenvalue weighted by Gasteiger charge is -2.04. The highest BCUT2D eigenvalue weighted by molar-refractivity contribution is 6.99. The van der Waals surface area contributed by atoms with E-state index in [-0.39, 0.29) is 0 Å². The van der Waals surface area contributed by atoms with E-state index in [0.29, 0.717) is 10.8 Å². The van der Waals surface area contributed by atoms with Gasteiger partial charge in [-0.2, -0.15) is 13.8 Å². The normalized spacial score (nSPS) is 10.6. The second-order valence-corrected chi connectivity index (χ2v) is 4.25.